The minimum absolute atomic E-state index is 0.0148. The smallest absolute Gasteiger partial charge is 0.406 e. The lowest BCUT2D eigenvalue weighted by Gasteiger charge is -2.21. The number of aromatic nitrogens is 1. The Bertz CT molecular complexity index is 1090. The summed E-state index contributed by atoms with van der Waals surface area (Å²) in [6.45, 7) is 5.63. The number of halogens is 3. The molecule has 2 aromatic rings. The van der Waals surface area contributed by atoms with E-state index in [2.05, 4.69) is 10.1 Å². The minimum atomic E-state index is -4.79. The van der Waals surface area contributed by atoms with Crippen LogP contribution < -0.4 is 15.5 Å². The fourth-order valence-corrected chi connectivity index (χ4v) is 4.00. The van der Waals surface area contributed by atoms with Gasteiger partial charge < -0.3 is 19.5 Å². The monoisotopic (exact) mass is 493 g/mol. The van der Waals surface area contributed by atoms with Crippen molar-refractivity contribution in [3.8, 4) is 5.75 Å². The van der Waals surface area contributed by atoms with Crippen LogP contribution >= 0.6 is 0 Å². The van der Waals surface area contributed by atoms with Crippen molar-refractivity contribution in [1.29, 1.82) is 0 Å². The molecule has 1 aromatic carbocycles. The summed E-state index contributed by atoms with van der Waals surface area (Å²) in [5.74, 6) is -1.19. The maximum atomic E-state index is 13.2. The molecule has 1 saturated heterocycles. The molecule has 2 amide bonds. The van der Waals surface area contributed by atoms with E-state index >= 15 is 0 Å². The Hall–Kier alpha value is -3.30. The van der Waals surface area contributed by atoms with Crippen LogP contribution in [0.5, 0.6) is 5.75 Å². The number of rotatable bonds is 7. The number of carbonyl (C=O) groups is 2. The Labute approximate surface area is 201 Å². The Balaban J connectivity index is 1.80. The van der Waals surface area contributed by atoms with Crippen LogP contribution in [0.4, 0.5) is 13.2 Å². The summed E-state index contributed by atoms with van der Waals surface area (Å²) in [4.78, 5) is 40.9. The van der Waals surface area contributed by atoms with E-state index in [1.165, 1.54) is 24.5 Å². The van der Waals surface area contributed by atoms with Crippen molar-refractivity contribution in [2.45, 2.75) is 59.0 Å². The Morgan fingerprint density at radius 2 is 1.60 bits per heavy atom. The molecule has 1 fully saturated rings. The summed E-state index contributed by atoms with van der Waals surface area (Å²) in [5, 5.41) is 2.62. The second kappa shape index (κ2) is 11.4. The third-order valence-electron chi connectivity index (χ3n) is 5.63. The predicted molar refractivity (Wildman–Crippen MR) is 124 cm³/mol. The molecule has 10 heteroatoms. The van der Waals surface area contributed by atoms with Gasteiger partial charge in [0.25, 0.3) is 11.8 Å². The van der Waals surface area contributed by atoms with E-state index in [1.54, 1.807) is 9.47 Å². The number of carbonyl (C=O) groups excluding carboxylic acids is 2. The summed E-state index contributed by atoms with van der Waals surface area (Å²) in [6.07, 6.45) is 1.99. The molecule has 0 spiro atoms. The maximum Gasteiger partial charge on any atom is 0.573 e. The van der Waals surface area contributed by atoms with Crippen molar-refractivity contribution in [1.82, 2.24) is 14.8 Å². The van der Waals surface area contributed by atoms with E-state index in [0.717, 1.165) is 37.8 Å². The van der Waals surface area contributed by atoms with E-state index in [9.17, 15) is 27.6 Å². The van der Waals surface area contributed by atoms with Crippen LogP contribution in [0.15, 0.2) is 41.5 Å². The number of nitrogens with zero attached hydrogens (tertiary/aromatic N) is 2. The molecular formula is C25H30F3N3O4. The molecule has 0 radical (unpaired) electrons. The summed E-state index contributed by atoms with van der Waals surface area (Å²) in [7, 11) is 0. The molecular weight excluding hydrogens is 463 g/mol. The highest BCUT2D eigenvalue weighted by Crippen LogP contribution is 2.22. The van der Waals surface area contributed by atoms with E-state index in [0.29, 0.717) is 25.2 Å². The number of benzene rings is 1. The number of hydrogen-bond donors (Lipinski definition) is 1. The zero-order valence-electron chi connectivity index (χ0n) is 19.9. The number of amides is 2. The molecule has 1 N–H and O–H groups in total. The molecule has 0 bridgehead atoms. The second-order valence-corrected chi connectivity index (χ2v) is 9.09. The zero-order chi connectivity index (χ0) is 25.6. The van der Waals surface area contributed by atoms with Crippen LogP contribution in [0.1, 0.15) is 65.8 Å². The molecule has 0 unspecified atom stereocenters. The fraction of sp³-hybridized carbons (Fsp3) is 0.480. The van der Waals surface area contributed by atoms with Crippen molar-refractivity contribution in [2.24, 2.45) is 5.92 Å². The topological polar surface area (TPSA) is 80.6 Å². The summed E-state index contributed by atoms with van der Waals surface area (Å²) >= 11 is 0. The molecule has 0 aliphatic carbocycles. The normalized spacial score (nSPS) is 14.5. The molecule has 0 saturated carbocycles. The van der Waals surface area contributed by atoms with E-state index < -0.39 is 17.7 Å². The molecule has 3 rings (SSSR count). The van der Waals surface area contributed by atoms with Crippen molar-refractivity contribution in [3.05, 3.63) is 63.6 Å². The molecule has 35 heavy (non-hydrogen) atoms. The van der Waals surface area contributed by atoms with Gasteiger partial charge in [-0.25, -0.2) is 0 Å². The molecule has 190 valence electrons. The highest BCUT2D eigenvalue weighted by atomic mass is 19.4. The first-order valence-electron chi connectivity index (χ1n) is 11.7. The Kier molecular flexibility index (Phi) is 8.58. The lowest BCUT2D eigenvalue weighted by Crippen LogP contribution is -2.38. The number of hydrogen-bond acceptors (Lipinski definition) is 4. The number of alkyl halides is 3. The van der Waals surface area contributed by atoms with Crippen LogP contribution in [0.25, 0.3) is 0 Å². The minimum Gasteiger partial charge on any atom is -0.406 e. The van der Waals surface area contributed by atoms with Gasteiger partial charge in [0.2, 0.25) is 5.43 Å². The Morgan fingerprint density at radius 1 is 1.00 bits per heavy atom. The summed E-state index contributed by atoms with van der Waals surface area (Å²) in [5.41, 5.74) is -0.296. The lowest BCUT2D eigenvalue weighted by molar-refractivity contribution is -0.274. The Morgan fingerprint density at radius 3 is 2.17 bits per heavy atom. The molecule has 2 heterocycles. The van der Waals surface area contributed by atoms with Gasteiger partial charge >= 0.3 is 6.36 Å². The van der Waals surface area contributed by atoms with Gasteiger partial charge in [0.15, 0.2) is 0 Å². The van der Waals surface area contributed by atoms with Gasteiger partial charge in [-0.1, -0.05) is 38.8 Å². The fourth-order valence-electron chi connectivity index (χ4n) is 4.00. The third-order valence-corrected chi connectivity index (χ3v) is 5.63. The van der Waals surface area contributed by atoms with E-state index in [1.807, 2.05) is 13.8 Å². The van der Waals surface area contributed by atoms with Crippen molar-refractivity contribution in [2.75, 3.05) is 13.1 Å². The quantitative estimate of drug-likeness (QED) is 0.622. The largest absolute Gasteiger partial charge is 0.573 e. The molecule has 1 aliphatic rings. The average Bonchev–Trinajstić information content (AvgIpc) is 3.07. The van der Waals surface area contributed by atoms with Crippen LogP contribution in [0.2, 0.25) is 0 Å². The average molecular weight is 494 g/mol. The first-order chi connectivity index (χ1) is 16.5. The van der Waals surface area contributed by atoms with Crippen molar-refractivity contribution >= 4 is 11.8 Å². The first-order valence-corrected chi connectivity index (χ1v) is 11.7. The van der Waals surface area contributed by atoms with Gasteiger partial charge in [0.1, 0.15) is 16.9 Å². The zero-order valence-corrected chi connectivity index (χ0v) is 19.9. The molecule has 1 aromatic heterocycles. The van der Waals surface area contributed by atoms with Gasteiger partial charge in [0.05, 0.1) is 0 Å². The highest BCUT2D eigenvalue weighted by molar-refractivity contribution is 5.99. The van der Waals surface area contributed by atoms with E-state index in [-0.39, 0.29) is 35.2 Å². The van der Waals surface area contributed by atoms with Crippen molar-refractivity contribution in [3.63, 3.8) is 0 Å². The molecule has 0 atom stereocenters. The highest BCUT2D eigenvalue weighted by Gasteiger charge is 2.31. The van der Waals surface area contributed by atoms with Gasteiger partial charge in [0, 0.05) is 38.6 Å². The predicted octanol–water partition coefficient (Wildman–Crippen LogP) is 4.35. The van der Waals surface area contributed by atoms with Crippen LogP contribution in [0.3, 0.4) is 0 Å². The number of nitrogens with one attached hydrogen (secondary N) is 1. The number of ether oxygens (including phenoxy) is 1. The number of pyridine rings is 1. The SMILES string of the molecule is CC(C)Cn1cc(C(=O)NCc2ccc(OC(F)(F)F)cc2)c(=O)c(C(=O)N2CCCCCC2)c1. The standard InChI is InChI=1S/C25H30F3N3O4/c1-17(2)14-30-15-20(22(32)21(16-30)24(34)31-11-5-3-4-6-12-31)23(33)29-13-18-7-9-19(10-8-18)35-25(26,27)28/h7-10,15-17H,3-6,11-14H2,1-2H3,(H,29,33). The van der Waals surface area contributed by atoms with Crippen molar-refractivity contribution < 1.29 is 27.5 Å². The molecule has 1 aliphatic heterocycles. The van der Waals surface area contributed by atoms with Crippen LogP contribution in [-0.4, -0.2) is 40.7 Å². The number of likely N-dealkylation sites (tertiary alicyclic amines) is 1. The van der Waals surface area contributed by atoms with E-state index in [4.69, 9.17) is 0 Å². The maximum absolute atomic E-state index is 13.2. The van der Waals surface area contributed by atoms with Gasteiger partial charge in [-0.05, 0) is 36.5 Å². The lowest BCUT2D eigenvalue weighted by atomic mass is 10.1. The first kappa shape index (κ1) is 26.3. The summed E-state index contributed by atoms with van der Waals surface area (Å²) in [6, 6.07) is 5.06. The summed E-state index contributed by atoms with van der Waals surface area (Å²) < 4.78 is 42.5. The second-order valence-electron chi connectivity index (χ2n) is 9.09. The van der Waals surface area contributed by atoms with Crippen LogP contribution in [-0.2, 0) is 13.1 Å². The van der Waals surface area contributed by atoms with Gasteiger partial charge in [-0.2, -0.15) is 0 Å². The van der Waals surface area contributed by atoms with Gasteiger partial charge in [-0.15, -0.1) is 13.2 Å². The third kappa shape index (κ3) is 7.60. The van der Waals surface area contributed by atoms with Gasteiger partial charge in [-0.3, -0.25) is 14.4 Å². The molecule has 7 nitrogen and oxygen atoms in total. The van der Waals surface area contributed by atoms with Crippen LogP contribution in [0, 0.1) is 5.92 Å².